The number of ether oxygens (including phenoxy) is 4. The number of nitrogens with zero attached hydrogens (tertiary/aromatic N) is 1. The van der Waals surface area contributed by atoms with Crippen LogP contribution in [0.25, 0.3) is 0 Å². The number of hydrogen-bond donors (Lipinski definition) is 3. The third-order valence-electron chi connectivity index (χ3n) is 8.04. The van der Waals surface area contributed by atoms with Gasteiger partial charge in [-0.25, -0.2) is 5.43 Å². The number of allylic oxidation sites excluding steroid dienone is 2. The van der Waals surface area contributed by atoms with E-state index in [-0.39, 0.29) is 48.5 Å². The highest BCUT2D eigenvalue weighted by molar-refractivity contribution is 5.87. The summed E-state index contributed by atoms with van der Waals surface area (Å²) in [4.78, 5) is 35.8. The molecule has 0 radical (unpaired) electrons. The average molecular weight is 578 g/mol. The molecular formula is C30H47N3O8. The Labute approximate surface area is 243 Å². The summed E-state index contributed by atoms with van der Waals surface area (Å²) in [5.41, 5.74) is 3.17. The SMILES string of the molecule is CNN(C)C(=O)C[C@@H]1C[C@@]2(CO2)[C@H](O)[C@@H](C=CC(C)=CC[C@@H]2O[C@H](C)[C@H](NC(=O)C=C[C@H](C)OC(C)=O)C[C@@H]2C)O1. The minimum absolute atomic E-state index is 0.000227. The molecule has 0 bridgehead atoms. The van der Waals surface area contributed by atoms with E-state index in [1.165, 1.54) is 18.0 Å². The lowest BCUT2D eigenvalue weighted by molar-refractivity contribution is -0.151. The number of amides is 2. The molecule has 11 nitrogen and oxygen atoms in total. The van der Waals surface area contributed by atoms with Gasteiger partial charge in [0.15, 0.2) is 0 Å². The summed E-state index contributed by atoms with van der Waals surface area (Å²) in [6.45, 7) is 9.54. The minimum Gasteiger partial charge on any atom is -0.459 e. The molecule has 230 valence electrons. The van der Waals surface area contributed by atoms with E-state index in [0.717, 1.165) is 12.0 Å². The molecule has 0 saturated carbocycles. The largest absolute Gasteiger partial charge is 0.459 e. The molecule has 41 heavy (non-hydrogen) atoms. The maximum Gasteiger partial charge on any atom is 0.303 e. The second-order valence-corrected chi connectivity index (χ2v) is 11.5. The summed E-state index contributed by atoms with van der Waals surface area (Å²) >= 11 is 0. The van der Waals surface area contributed by atoms with Gasteiger partial charge in [0, 0.05) is 33.5 Å². The molecule has 0 aliphatic carbocycles. The molecule has 2 amide bonds. The van der Waals surface area contributed by atoms with Crippen LogP contribution in [0.5, 0.6) is 0 Å². The van der Waals surface area contributed by atoms with Gasteiger partial charge in [0.1, 0.15) is 23.9 Å². The Morgan fingerprint density at radius 3 is 2.54 bits per heavy atom. The second kappa shape index (κ2) is 14.6. The first-order valence-corrected chi connectivity index (χ1v) is 14.4. The Morgan fingerprint density at radius 2 is 1.90 bits per heavy atom. The molecule has 11 heteroatoms. The zero-order chi connectivity index (χ0) is 30.3. The topological polar surface area (TPSA) is 139 Å². The van der Waals surface area contributed by atoms with Gasteiger partial charge in [-0.3, -0.25) is 19.4 Å². The number of hydrogen-bond acceptors (Lipinski definition) is 9. The van der Waals surface area contributed by atoms with Gasteiger partial charge in [0.2, 0.25) is 11.8 Å². The van der Waals surface area contributed by atoms with Crippen LogP contribution in [-0.4, -0.2) is 96.9 Å². The second-order valence-electron chi connectivity index (χ2n) is 11.5. The van der Waals surface area contributed by atoms with Gasteiger partial charge in [0.25, 0.3) is 0 Å². The van der Waals surface area contributed by atoms with Crippen molar-refractivity contribution < 1.29 is 38.4 Å². The van der Waals surface area contributed by atoms with Crippen LogP contribution in [0.3, 0.4) is 0 Å². The number of nitrogens with one attached hydrogen (secondary N) is 2. The van der Waals surface area contributed by atoms with Crippen LogP contribution in [0, 0.1) is 5.92 Å². The van der Waals surface area contributed by atoms with E-state index in [1.54, 1.807) is 27.1 Å². The predicted octanol–water partition coefficient (Wildman–Crippen LogP) is 1.96. The summed E-state index contributed by atoms with van der Waals surface area (Å²) in [6, 6.07) is -0.123. The summed E-state index contributed by atoms with van der Waals surface area (Å²) in [6.07, 6.45) is 8.63. The minimum atomic E-state index is -0.797. The third-order valence-corrected chi connectivity index (χ3v) is 8.04. The van der Waals surface area contributed by atoms with Crippen molar-refractivity contribution >= 4 is 17.8 Å². The number of carbonyl (C=O) groups is 3. The first-order valence-electron chi connectivity index (χ1n) is 14.4. The predicted molar refractivity (Wildman–Crippen MR) is 152 cm³/mol. The van der Waals surface area contributed by atoms with E-state index >= 15 is 0 Å². The van der Waals surface area contributed by atoms with Crippen molar-refractivity contribution in [3.8, 4) is 0 Å². The highest BCUT2D eigenvalue weighted by Crippen LogP contribution is 2.43. The lowest BCUT2D eigenvalue weighted by atomic mass is 9.87. The van der Waals surface area contributed by atoms with Gasteiger partial charge in [-0.05, 0) is 45.6 Å². The van der Waals surface area contributed by atoms with E-state index < -0.39 is 29.9 Å². The molecule has 0 aromatic heterocycles. The first kappa shape index (κ1) is 32.9. The number of aliphatic hydroxyl groups excluding tert-OH is 1. The van der Waals surface area contributed by atoms with Crippen LogP contribution in [0.2, 0.25) is 0 Å². The fourth-order valence-corrected chi connectivity index (χ4v) is 5.34. The number of rotatable bonds is 11. The molecule has 0 unspecified atom stereocenters. The first-order chi connectivity index (χ1) is 19.3. The maximum absolute atomic E-state index is 12.4. The van der Waals surface area contributed by atoms with Crippen molar-refractivity contribution in [2.24, 2.45) is 5.92 Å². The fraction of sp³-hybridized carbons (Fsp3) is 0.700. The molecule has 3 aliphatic heterocycles. The smallest absolute Gasteiger partial charge is 0.303 e. The highest BCUT2D eigenvalue weighted by Gasteiger charge is 2.58. The van der Waals surface area contributed by atoms with Crippen LogP contribution < -0.4 is 10.7 Å². The fourth-order valence-electron chi connectivity index (χ4n) is 5.34. The molecule has 3 saturated heterocycles. The van der Waals surface area contributed by atoms with Crippen LogP contribution >= 0.6 is 0 Å². The van der Waals surface area contributed by atoms with Crippen LogP contribution in [0.4, 0.5) is 0 Å². The van der Waals surface area contributed by atoms with Crippen molar-refractivity contribution in [2.75, 3.05) is 20.7 Å². The lowest BCUT2D eigenvalue weighted by Gasteiger charge is -2.39. The Balaban J connectivity index is 1.51. The number of aliphatic hydroxyl groups is 1. The Hall–Kier alpha value is -2.57. The van der Waals surface area contributed by atoms with Crippen LogP contribution in [0.1, 0.15) is 60.3 Å². The Morgan fingerprint density at radius 1 is 1.20 bits per heavy atom. The molecule has 3 aliphatic rings. The van der Waals surface area contributed by atoms with E-state index in [1.807, 2.05) is 26.0 Å². The molecule has 9 atom stereocenters. The van der Waals surface area contributed by atoms with Crippen molar-refractivity contribution in [1.29, 1.82) is 0 Å². The molecular weight excluding hydrogens is 530 g/mol. The molecule has 3 heterocycles. The van der Waals surface area contributed by atoms with E-state index in [9.17, 15) is 19.5 Å². The van der Waals surface area contributed by atoms with Gasteiger partial charge in [-0.15, -0.1) is 0 Å². The Bertz CT molecular complexity index is 1020. The summed E-state index contributed by atoms with van der Waals surface area (Å²) in [7, 11) is 3.35. The van der Waals surface area contributed by atoms with Crippen LogP contribution in [-0.2, 0) is 33.3 Å². The van der Waals surface area contributed by atoms with Crippen molar-refractivity contribution in [3.63, 3.8) is 0 Å². The average Bonchev–Trinajstić information content (AvgIpc) is 3.68. The zero-order valence-electron chi connectivity index (χ0n) is 25.3. The monoisotopic (exact) mass is 577 g/mol. The Kier molecular flexibility index (Phi) is 11.7. The quantitative estimate of drug-likeness (QED) is 0.111. The molecule has 0 aromatic carbocycles. The number of hydrazine groups is 1. The van der Waals surface area contributed by atoms with Gasteiger partial charge in [-0.2, -0.15) is 0 Å². The van der Waals surface area contributed by atoms with Gasteiger partial charge in [-0.1, -0.05) is 30.7 Å². The molecule has 3 rings (SSSR count). The van der Waals surface area contributed by atoms with E-state index in [2.05, 4.69) is 23.7 Å². The van der Waals surface area contributed by atoms with E-state index in [4.69, 9.17) is 18.9 Å². The van der Waals surface area contributed by atoms with Crippen molar-refractivity contribution in [1.82, 2.24) is 15.8 Å². The van der Waals surface area contributed by atoms with Crippen molar-refractivity contribution in [3.05, 3.63) is 36.0 Å². The molecule has 3 N–H and O–H groups in total. The zero-order valence-corrected chi connectivity index (χ0v) is 25.3. The maximum atomic E-state index is 12.4. The summed E-state index contributed by atoms with van der Waals surface area (Å²) < 4.78 is 23.0. The van der Waals surface area contributed by atoms with Gasteiger partial charge in [0.05, 0.1) is 37.4 Å². The van der Waals surface area contributed by atoms with Gasteiger partial charge >= 0.3 is 5.97 Å². The number of carbonyl (C=O) groups excluding carboxylic acids is 3. The number of esters is 1. The van der Waals surface area contributed by atoms with Crippen molar-refractivity contribution in [2.45, 2.75) is 109 Å². The number of epoxide rings is 1. The highest BCUT2D eigenvalue weighted by atomic mass is 16.6. The van der Waals surface area contributed by atoms with Gasteiger partial charge < -0.3 is 29.4 Å². The lowest BCUT2D eigenvalue weighted by Crippen LogP contribution is -2.51. The summed E-state index contributed by atoms with van der Waals surface area (Å²) in [5, 5.41) is 15.3. The van der Waals surface area contributed by atoms with E-state index in [0.29, 0.717) is 19.4 Å². The standard InChI is InChI=1S/C30H47N3O8/c1-18(9-12-26-29(37)30(17-38-30)16-23(41-26)15-28(36)33(7)31-6)8-11-25-19(2)14-24(21(4)40-25)32-27(35)13-10-20(3)39-22(5)34/h8-10,12-13,19-21,23-26,29,31,37H,11,14-17H2,1-7H3,(H,32,35)/t19-,20-,21+,23+,24+,25-,26+,29+,30+/m0/s1. The molecule has 1 spiro atoms. The van der Waals surface area contributed by atoms with Crippen LogP contribution in [0.15, 0.2) is 36.0 Å². The third kappa shape index (κ3) is 9.47. The molecule has 3 fully saturated rings. The normalized spacial score (nSPS) is 34.5. The summed E-state index contributed by atoms with van der Waals surface area (Å²) in [5.74, 6) is -0.514. The molecule has 0 aromatic rings.